The van der Waals surface area contributed by atoms with Crippen LogP contribution in [-0.2, 0) is 6.54 Å². The highest BCUT2D eigenvalue weighted by atomic mass is 35.5. The summed E-state index contributed by atoms with van der Waals surface area (Å²) in [7, 11) is 0. The van der Waals surface area contributed by atoms with E-state index in [2.05, 4.69) is 0 Å². The summed E-state index contributed by atoms with van der Waals surface area (Å²) in [6.45, 7) is -0.0406. The van der Waals surface area contributed by atoms with E-state index in [4.69, 9.17) is 23.2 Å². The van der Waals surface area contributed by atoms with Crippen LogP contribution in [-0.4, -0.2) is 10.4 Å². The first-order valence-electron chi connectivity index (χ1n) is 5.21. The Morgan fingerprint density at radius 1 is 1.17 bits per heavy atom. The van der Waals surface area contributed by atoms with Gasteiger partial charge < -0.3 is 4.57 Å². The summed E-state index contributed by atoms with van der Waals surface area (Å²) in [6, 6.07) is 9.37. The number of ketones is 1. The molecule has 0 unspecified atom stereocenters. The molecule has 1 aromatic carbocycles. The Bertz CT molecular complexity index is 649. The third-order valence-corrected chi connectivity index (χ3v) is 2.99. The third-order valence-electron chi connectivity index (χ3n) is 2.44. The van der Waals surface area contributed by atoms with Crippen LogP contribution in [0.4, 0.5) is 0 Å². The molecule has 5 heteroatoms. The molecule has 0 fully saturated rings. The van der Waals surface area contributed by atoms with Gasteiger partial charge in [0.25, 0.3) is 5.56 Å². The summed E-state index contributed by atoms with van der Waals surface area (Å²) >= 11 is 11.7. The lowest BCUT2D eigenvalue weighted by Gasteiger charge is -2.06. The van der Waals surface area contributed by atoms with E-state index < -0.39 is 0 Å². The van der Waals surface area contributed by atoms with E-state index in [0.717, 1.165) is 0 Å². The number of hydrogen-bond acceptors (Lipinski definition) is 2. The van der Waals surface area contributed by atoms with Crippen LogP contribution in [0.2, 0.25) is 10.0 Å². The molecule has 1 aromatic heterocycles. The first kappa shape index (κ1) is 12.9. The second-order valence-corrected chi connectivity index (χ2v) is 4.56. The maximum atomic E-state index is 12.0. The van der Waals surface area contributed by atoms with Crippen LogP contribution >= 0.6 is 23.2 Å². The van der Waals surface area contributed by atoms with Crippen molar-refractivity contribution >= 4 is 29.0 Å². The number of pyridine rings is 1. The van der Waals surface area contributed by atoms with Crippen LogP contribution in [0.15, 0.2) is 47.4 Å². The number of hydrogen-bond donors (Lipinski definition) is 0. The number of halogens is 2. The van der Waals surface area contributed by atoms with E-state index in [-0.39, 0.29) is 22.9 Å². The van der Waals surface area contributed by atoms with Crippen molar-refractivity contribution in [3.05, 3.63) is 68.6 Å². The predicted octanol–water partition coefficient (Wildman–Crippen LogP) is 3.04. The molecule has 0 saturated carbocycles. The molecule has 2 rings (SSSR count). The summed E-state index contributed by atoms with van der Waals surface area (Å²) < 4.78 is 1.33. The van der Waals surface area contributed by atoms with Gasteiger partial charge in [-0.3, -0.25) is 9.59 Å². The van der Waals surface area contributed by atoms with Gasteiger partial charge in [0.15, 0.2) is 5.78 Å². The number of aromatic nitrogens is 1. The quantitative estimate of drug-likeness (QED) is 0.812. The van der Waals surface area contributed by atoms with Gasteiger partial charge in [0.1, 0.15) is 0 Å². The van der Waals surface area contributed by atoms with Crippen LogP contribution < -0.4 is 5.56 Å². The SMILES string of the molecule is O=C(Cn1ccccc1=O)c1ccc(Cl)cc1Cl. The molecule has 92 valence electrons. The van der Waals surface area contributed by atoms with E-state index >= 15 is 0 Å². The average molecular weight is 282 g/mol. The maximum Gasteiger partial charge on any atom is 0.250 e. The topological polar surface area (TPSA) is 39.1 Å². The highest BCUT2D eigenvalue weighted by Gasteiger charge is 2.11. The lowest BCUT2D eigenvalue weighted by atomic mass is 10.1. The van der Waals surface area contributed by atoms with E-state index in [0.29, 0.717) is 10.6 Å². The number of benzene rings is 1. The zero-order valence-corrected chi connectivity index (χ0v) is 10.8. The molecule has 0 saturated heterocycles. The van der Waals surface area contributed by atoms with Crippen LogP contribution in [0.3, 0.4) is 0 Å². The van der Waals surface area contributed by atoms with Gasteiger partial charge in [0, 0.05) is 22.8 Å². The normalized spacial score (nSPS) is 10.3. The molecule has 1 heterocycles. The Labute approximate surface area is 114 Å². The zero-order chi connectivity index (χ0) is 13.1. The van der Waals surface area contributed by atoms with Crippen molar-refractivity contribution in [2.45, 2.75) is 6.54 Å². The molecule has 0 atom stereocenters. The van der Waals surface area contributed by atoms with Gasteiger partial charge in [-0.1, -0.05) is 29.3 Å². The summed E-state index contributed by atoms with van der Waals surface area (Å²) in [5.41, 5.74) is 0.132. The number of nitrogens with zero attached hydrogens (tertiary/aromatic N) is 1. The van der Waals surface area contributed by atoms with E-state index in [1.165, 1.54) is 16.7 Å². The van der Waals surface area contributed by atoms with Crippen LogP contribution in [0.1, 0.15) is 10.4 Å². The van der Waals surface area contributed by atoms with Crippen molar-refractivity contribution in [3.63, 3.8) is 0 Å². The minimum atomic E-state index is -0.232. The fourth-order valence-corrected chi connectivity index (χ4v) is 2.06. The molecule has 0 aliphatic rings. The van der Waals surface area contributed by atoms with Gasteiger partial charge in [0.05, 0.1) is 11.6 Å². The fraction of sp³-hybridized carbons (Fsp3) is 0.0769. The molecule has 2 aromatic rings. The lowest BCUT2D eigenvalue weighted by Crippen LogP contribution is -2.22. The first-order chi connectivity index (χ1) is 8.58. The molecule has 0 radical (unpaired) electrons. The molecule has 0 aliphatic carbocycles. The van der Waals surface area contributed by atoms with Gasteiger partial charge in [-0.05, 0) is 24.3 Å². The van der Waals surface area contributed by atoms with Crippen molar-refractivity contribution in [1.82, 2.24) is 4.57 Å². The van der Waals surface area contributed by atoms with E-state index in [1.807, 2.05) is 0 Å². The van der Waals surface area contributed by atoms with Crippen molar-refractivity contribution in [2.75, 3.05) is 0 Å². The van der Waals surface area contributed by atoms with Gasteiger partial charge in [-0.15, -0.1) is 0 Å². The Morgan fingerprint density at radius 2 is 1.94 bits per heavy atom. The minimum Gasteiger partial charge on any atom is -0.308 e. The van der Waals surface area contributed by atoms with Gasteiger partial charge in [0.2, 0.25) is 0 Å². The molecule has 18 heavy (non-hydrogen) atoms. The average Bonchev–Trinajstić information content (AvgIpc) is 2.32. The monoisotopic (exact) mass is 281 g/mol. The second kappa shape index (κ2) is 5.38. The summed E-state index contributed by atoms with van der Waals surface area (Å²) in [6.07, 6.45) is 1.56. The Balaban J connectivity index is 2.28. The molecule has 0 bridgehead atoms. The Morgan fingerprint density at radius 3 is 2.61 bits per heavy atom. The minimum absolute atomic E-state index is 0.0406. The lowest BCUT2D eigenvalue weighted by molar-refractivity contribution is 0.0971. The summed E-state index contributed by atoms with van der Waals surface area (Å²) in [4.78, 5) is 23.5. The summed E-state index contributed by atoms with van der Waals surface area (Å²) in [5.74, 6) is -0.232. The van der Waals surface area contributed by atoms with Crippen molar-refractivity contribution in [3.8, 4) is 0 Å². The number of carbonyl (C=O) groups is 1. The van der Waals surface area contributed by atoms with Crippen molar-refractivity contribution in [2.24, 2.45) is 0 Å². The first-order valence-corrected chi connectivity index (χ1v) is 5.97. The smallest absolute Gasteiger partial charge is 0.250 e. The van der Waals surface area contributed by atoms with E-state index in [9.17, 15) is 9.59 Å². The van der Waals surface area contributed by atoms with Gasteiger partial charge >= 0.3 is 0 Å². The van der Waals surface area contributed by atoms with Crippen molar-refractivity contribution < 1.29 is 4.79 Å². The maximum absolute atomic E-state index is 12.0. The van der Waals surface area contributed by atoms with E-state index in [1.54, 1.807) is 30.5 Å². The third kappa shape index (κ3) is 2.81. The molecular formula is C13H9Cl2NO2. The highest BCUT2D eigenvalue weighted by molar-refractivity contribution is 6.36. The Kier molecular flexibility index (Phi) is 3.84. The van der Waals surface area contributed by atoms with Crippen molar-refractivity contribution in [1.29, 1.82) is 0 Å². The molecular weight excluding hydrogens is 273 g/mol. The van der Waals surface area contributed by atoms with Crippen LogP contribution in [0.25, 0.3) is 0 Å². The number of Topliss-reactive ketones (excluding diaryl/α,β-unsaturated/α-hetero) is 1. The highest BCUT2D eigenvalue weighted by Crippen LogP contribution is 2.21. The standard InChI is InChI=1S/C13H9Cl2NO2/c14-9-4-5-10(11(15)7-9)12(17)8-16-6-2-1-3-13(16)18/h1-7H,8H2. The predicted molar refractivity (Wildman–Crippen MR) is 71.5 cm³/mol. The molecule has 0 amide bonds. The fourth-order valence-electron chi connectivity index (χ4n) is 1.55. The largest absolute Gasteiger partial charge is 0.308 e. The molecule has 0 aliphatic heterocycles. The molecule has 0 spiro atoms. The second-order valence-electron chi connectivity index (χ2n) is 3.71. The molecule has 0 N–H and O–H groups in total. The van der Waals surface area contributed by atoms with Crippen LogP contribution in [0.5, 0.6) is 0 Å². The van der Waals surface area contributed by atoms with Gasteiger partial charge in [-0.2, -0.15) is 0 Å². The Hall–Kier alpha value is -1.58. The number of rotatable bonds is 3. The molecule has 3 nitrogen and oxygen atoms in total. The number of carbonyl (C=O) groups excluding carboxylic acids is 1. The zero-order valence-electron chi connectivity index (χ0n) is 9.27. The van der Waals surface area contributed by atoms with Crippen LogP contribution in [0, 0.1) is 0 Å². The summed E-state index contributed by atoms with van der Waals surface area (Å²) in [5, 5.41) is 0.755. The van der Waals surface area contributed by atoms with Gasteiger partial charge in [-0.25, -0.2) is 0 Å².